The van der Waals surface area contributed by atoms with Gasteiger partial charge in [-0.3, -0.25) is 18.7 Å². The molecule has 3 rings (SSSR count). The average Bonchev–Trinajstić information content (AvgIpc) is 3.22. The number of hydrogen-bond donors (Lipinski definition) is 1. The van der Waals surface area contributed by atoms with Crippen molar-refractivity contribution in [2.24, 2.45) is 14.1 Å². The third-order valence-corrected chi connectivity index (χ3v) is 6.39. The zero-order chi connectivity index (χ0) is 21.3. The maximum Gasteiger partial charge on any atom is 0.332 e. The molecule has 1 atom stereocenters. The third kappa shape index (κ3) is 3.89. The molecule has 0 fully saturated rings. The minimum Gasteiger partial charge on any atom is -0.348 e. The second-order valence-corrected chi connectivity index (χ2v) is 8.23. The van der Waals surface area contributed by atoms with Crippen LogP contribution in [0.4, 0.5) is 0 Å². The van der Waals surface area contributed by atoms with Gasteiger partial charge in [-0.1, -0.05) is 13.0 Å². The first-order valence-corrected chi connectivity index (χ1v) is 10.5. The molecule has 0 aliphatic rings. The Hall–Kier alpha value is -2.74. The predicted molar refractivity (Wildman–Crippen MR) is 116 cm³/mol. The number of carbonyl (C=O) groups excluding carboxylic acids is 1. The fraction of sp³-hybridized carbons (Fsp3) is 0.429. The molecule has 0 radical (unpaired) electrons. The van der Waals surface area contributed by atoms with Gasteiger partial charge in [0.15, 0.2) is 0 Å². The van der Waals surface area contributed by atoms with E-state index in [9.17, 15) is 14.4 Å². The Morgan fingerprint density at radius 2 is 1.97 bits per heavy atom. The fourth-order valence-corrected chi connectivity index (χ4v) is 4.54. The van der Waals surface area contributed by atoms with Crippen LogP contribution in [0.3, 0.4) is 0 Å². The zero-order valence-corrected chi connectivity index (χ0v) is 18.2. The zero-order valence-electron chi connectivity index (χ0n) is 17.4. The number of pyridine rings is 1. The predicted octanol–water partition coefficient (Wildman–Crippen LogP) is 2.51. The lowest BCUT2D eigenvalue weighted by atomic mass is 9.99. The highest BCUT2D eigenvalue weighted by molar-refractivity contribution is 7.10. The number of thiophene rings is 1. The van der Waals surface area contributed by atoms with Crippen LogP contribution < -0.4 is 16.6 Å². The first kappa shape index (κ1) is 21.0. The number of aromatic nitrogens is 3. The maximum absolute atomic E-state index is 12.7. The minimum absolute atomic E-state index is 0.0150. The van der Waals surface area contributed by atoms with Crippen LogP contribution in [0, 0.1) is 13.8 Å². The summed E-state index contributed by atoms with van der Waals surface area (Å²) in [5, 5.41) is 5.53. The van der Waals surface area contributed by atoms with Crippen LogP contribution in [0.2, 0.25) is 0 Å². The first-order chi connectivity index (χ1) is 13.8. The summed E-state index contributed by atoms with van der Waals surface area (Å²) in [6.07, 6.45) is 1.62. The van der Waals surface area contributed by atoms with Gasteiger partial charge in [-0.15, -0.1) is 11.3 Å². The summed E-state index contributed by atoms with van der Waals surface area (Å²) in [6, 6.07) is 4.03. The van der Waals surface area contributed by atoms with Gasteiger partial charge >= 0.3 is 5.69 Å². The van der Waals surface area contributed by atoms with Crippen LogP contribution in [0.5, 0.6) is 0 Å². The molecule has 8 heteroatoms. The van der Waals surface area contributed by atoms with Crippen LogP contribution in [0.25, 0.3) is 11.0 Å². The van der Waals surface area contributed by atoms with E-state index in [-0.39, 0.29) is 17.5 Å². The van der Waals surface area contributed by atoms with E-state index in [4.69, 9.17) is 0 Å². The van der Waals surface area contributed by atoms with E-state index in [0.29, 0.717) is 23.9 Å². The minimum atomic E-state index is -0.403. The summed E-state index contributed by atoms with van der Waals surface area (Å²) < 4.78 is 2.48. The van der Waals surface area contributed by atoms with E-state index >= 15 is 0 Å². The number of nitrogens with zero attached hydrogens (tertiary/aromatic N) is 3. The molecule has 0 aliphatic heterocycles. The number of aryl methyl sites for hydroxylation is 3. The van der Waals surface area contributed by atoms with Gasteiger partial charge in [-0.05, 0) is 49.3 Å². The molecular formula is C21H26N4O3S. The lowest BCUT2D eigenvalue weighted by Gasteiger charge is -2.17. The summed E-state index contributed by atoms with van der Waals surface area (Å²) in [4.78, 5) is 43.1. The number of carbonyl (C=O) groups is 1. The molecular weight excluding hydrogens is 388 g/mol. The van der Waals surface area contributed by atoms with Crippen molar-refractivity contribution in [1.29, 1.82) is 0 Å². The highest BCUT2D eigenvalue weighted by Crippen LogP contribution is 2.23. The Kier molecular flexibility index (Phi) is 6.02. The molecule has 0 aromatic carbocycles. The van der Waals surface area contributed by atoms with Gasteiger partial charge in [0.05, 0.1) is 11.4 Å². The molecule has 0 bridgehead atoms. The second-order valence-electron chi connectivity index (χ2n) is 7.25. The summed E-state index contributed by atoms with van der Waals surface area (Å²) >= 11 is 1.63. The summed E-state index contributed by atoms with van der Waals surface area (Å²) in [6.45, 7) is 5.75. The molecule has 0 aliphatic carbocycles. The Morgan fingerprint density at radius 3 is 2.59 bits per heavy atom. The number of amides is 1. The van der Waals surface area contributed by atoms with Crippen LogP contribution in [-0.4, -0.2) is 20.0 Å². The Balaban J connectivity index is 1.88. The molecule has 1 amide bonds. The van der Waals surface area contributed by atoms with Crippen molar-refractivity contribution in [2.45, 2.75) is 46.1 Å². The smallest absolute Gasteiger partial charge is 0.332 e. The molecule has 29 heavy (non-hydrogen) atoms. The molecule has 1 unspecified atom stereocenters. The summed E-state index contributed by atoms with van der Waals surface area (Å²) in [7, 11) is 3.07. The van der Waals surface area contributed by atoms with Crippen LogP contribution in [0.15, 0.2) is 27.1 Å². The third-order valence-electron chi connectivity index (χ3n) is 5.40. The molecule has 0 saturated heterocycles. The molecule has 7 nitrogen and oxygen atoms in total. The molecule has 154 valence electrons. The van der Waals surface area contributed by atoms with Crippen LogP contribution >= 0.6 is 11.3 Å². The van der Waals surface area contributed by atoms with E-state index in [1.807, 2.05) is 38.3 Å². The standard InChI is InChI=1S/C21H26N4O3S/c1-6-15(16-8-7-11-29-16)23-17(26)10-9-14-12(2)18-19(22-13(14)3)24(4)21(28)25(5)20(18)27/h7-8,11,15H,6,9-10H2,1-5H3,(H,23,26). The van der Waals surface area contributed by atoms with E-state index < -0.39 is 5.69 Å². The molecule has 0 saturated carbocycles. The summed E-state index contributed by atoms with van der Waals surface area (Å²) in [5.41, 5.74) is 2.01. The quantitative estimate of drug-likeness (QED) is 0.672. The van der Waals surface area contributed by atoms with Gasteiger partial charge in [-0.25, -0.2) is 9.78 Å². The monoisotopic (exact) mass is 414 g/mol. The number of nitrogens with one attached hydrogen (secondary N) is 1. The van der Waals surface area contributed by atoms with Crippen molar-refractivity contribution in [3.05, 3.63) is 60.0 Å². The van der Waals surface area contributed by atoms with Crippen molar-refractivity contribution >= 4 is 28.3 Å². The topological polar surface area (TPSA) is 86.0 Å². The fourth-order valence-electron chi connectivity index (χ4n) is 3.68. The Bertz CT molecular complexity index is 1180. The first-order valence-electron chi connectivity index (χ1n) is 9.64. The molecule has 0 spiro atoms. The van der Waals surface area contributed by atoms with Gasteiger partial charge in [0.25, 0.3) is 5.56 Å². The lowest BCUT2D eigenvalue weighted by Crippen LogP contribution is -2.38. The number of fused-ring (bicyclic) bond motifs is 1. The highest BCUT2D eigenvalue weighted by atomic mass is 32.1. The van der Waals surface area contributed by atoms with Crippen molar-refractivity contribution in [3.63, 3.8) is 0 Å². The largest absolute Gasteiger partial charge is 0.348 e. The van der Waals surface area contributed by atoms with Gasteiger partial charge < -0.3 is 5.32 Å². The molecule has 1 N–H and O–H groups in total. The highest BCUT2D eigenvalue weighted by Gasteiger charge is 2.18. The van der Waals surface area contributed by atoms with E-state index in [0.717, 1.165) is 32.7 Å². The molecule has 3 aromatic rings. The number of hydrogen-bond acceptors (Lipinski definition) is 5. The van der Waals surface area contributed by atoms with Gasteiger partial charge in [0.2, 0.25) is 5.91 Å². The van der Waals surface area contributed by atoms with Crippen LogP contribution in [0.1, 0.15) is 47.5 Å². The van der Waals surface area contributed by atoms with E-state index in [1.165, 1.54) is 11.6 Å². The number of rotatable bonds is 6. The SMILES string of the molecule is CCC(NC(=O)CCc1c(C)nc2c(c1C)c(=O)n(C)c(=O)n2C)c1cccs1. The van der Waals surface area contributed by atoms with Gasteiger partial charge in [-0.2, -0.15) is 0 Å². The van der Waals surface area contributed by atoms with Crippen molar-refractivity contribution in [2.75, 3.05) is 0 Å². The maximum atomic E-state index is 12.7. The Labute approximate surface area is 173 Å². The van der Waals surface area contributed by atoms with Gasteiger partial charge in [0.1, 0.15) is 5.65 Å². The van der Waals surface area contributed by atoms with Crippen molar-refractivity contribution in [1.82, 2.24) is 19.4 Å². The van der Waals surface area contributed by atoms with E-state index in [1.54, 1.807) is 18.4 Å². The average molecular weight is 415 g/mol. The van der Waals surface area contributed by atoms with Crippen LogP contribution in [-0.2, 0) is 25.3 Å². The summed E-state index contributed by atoms with van der Waals surface area (Å²) in [5.74, 6) is -0.0301. The van der Waals surface area contributed by atoms with E-state index in [2.05, 4.69) is 10.3 Å². The molecule has 3 heterocycles. The molecule has 3 aromatic heterocycles. The van der Waals surface area contributed by atoms with Crippen molar-refractivity contribution in [3.8, 4) is 0 Å². The van der Waals surface area contributed by atoms with Crippen molar-refractivity contribution < 1.29 is 4.79 Å². The van der Waals surface area contributed by atoms with Gasteiger partial charge in [0, 0.05) is 31.1 Å². The normalized spacial score (nSPS) is 12.3. The lowest BCUT2D eigenvalue weighted by molar-refractivity contribution is -0.121. The Morgan fingerprint density at radius 1 is 1.24 bits per heavy atom. The second kappa shape index (κ2) is 8.32.